The third-order valence-electron chi connectivity index (χ3n) is 10.2. The molecular weight excluding hydrogens is 878 g/mol. The molecule has 4 aromatic heterocycles. The van der Waals surface area contributed by atoms with Gasteiger partial charge in [-0.15, -0.1) is 0 Å². The number of rotatable bonds is 8. The Balaban J connectivity index is 0.000000188. The largest absolute Gasteiger partial charge is 0.416 e. The van der Waals surface area contributed by atoms with Crippen molar-refractivity contribution in [3.05, 3.63) is 124 Å². The Labute approximate surface area is 375 Å². The summed E-state index contributed by atoms with van der Waals surface area (Å²) in [6, 6.07) is 19.6. The van der Waals surface area contributed by atoms with Gasteiger partial charge in [-0.05, 0) is 95.1 Å². The maximum absolute atomic E-state index is 13.1. The molecule has 65 heavy (non-hydrogen) atoms. The van der Waals surface area contributed by atoms with Gasteiger partial charge >= 0.3 is 12.4 Å². The Morgan fingerprint density at radius 1 is 0.631 bits per heavy atom. The second-order valence-electron chi connectivity index (χ2n) is 15.6. The van der Waals surface area contributed by atoms with Crippen LogP contribution in [-0.2, 0) is 21.9 Å². The minimum absolute atomic E-state index is 0.0122. The lowest BCUT2D eigenvalue weighted by Gasteiger charge is -2.17. The Kier molecular flexibility index (Phi) is 14.4. The number of benzene rings is 2. The van der Waals surface area contributed by atoms with E-state index in [1.807, 2.05) is 39.8 Å². The molecule has 14 nitrogen and oxygen atoms in total. The molecule has 0 bridgehead atoms. The van der Waals surface area contributed by atoms with Crippen molar-refractivity contribution < 1.29 is 35.9 Å². The van der Waals surface area contributed by atoms with Crippen molar-refractivity contribution in [3.63, 3.8) is 0 Å². The maximum atomic E-state index is 13.1. The number of pyridine rings is 2. The van der Waals surface area contributed by atoms with Crippen molar-refractivity contribution >= 4 is 52.1 Å². The van der Waals surface area contributed by atoms with Gasteiger partial charge in [0.05, 0.1) is 28.6 Å². The summed E-state index contributed by atoms with van der Waals surface area (Å²) in [5.41, 5.74) is 8.38. The summed E-state index contributed by atoms with van der Waals surface area (Å²) in [6.07, 6.45) is -7.38. The molecule has 2 amide bonds. The summed E-state index contributed by atoms with van der Waals surface area (Å²) in [5, 5.41) is 18.2. The van der Waals surface area contributed by atoms with Gasteiger partial charge in [0, 0.05) is 78.9 Å². The van der Waals surface area contributed by atoms with E-state index >= 15 is 0 Å². The van der Waals surface area contributed by atoms with Crippen LogP contribution in [0.25, 0.3) is 11.6 Å². The van der Waals surface area contributed by atoms with Crippen molar-refractivity contribution in [2.24, 2.45) is 5.73 Å². The van der Waals surface area contributed by atoms with Crippen molar-refractivity contribution in [2.75, 3.05) is 43.1 Å². The molecule has 21 heteroatoms. The van der Waals surface area contributed by atoms with Crippen LogP contribution in [0, 0.1) is 27.7 Å². The first-order chi connectivity index (χ1) is 30.5. The zero-order valence-electron chi connectivity index (χ0n) is 36.2. The molecule has 344 valence electrons. The smallest absolute Gasteiger partial charge is 0.373 e. The summed E-state index contributed by atoms with van der Waals surface area (Å²) in [5.74, 6) is 1.68. The number of nitrogens with zero attached hydrogens (tertiary/aromatic N) is 8. The van der Waals surface area contributed by atoms with Gasteiger partial charge in [0.25, 0.3) is 0 Å². The third-order valence-corrected chi connectivity index (χ3v) is 10.4. The number of alkyl halides is 6. The average molecular weight is 925 g/mol. The van der Waals surface area contributed by atoms with Crippen molar-refractivity contribution in [1.82, 2.24) is 39.3 Å². The van der Waals surface area contributed by atoms with Crippen molar-refractivity contribution in [3.8, 4) is 11.6 Å². The number of hydrogen-bond donors (Lipinski definition) is 4. The number of nitrogens with two attached hydrogens (primary N) is 1. The van der Waals surface area contributed by atoms with Gasteiger partial charge in [0.1, 0.15) is 17.7 Å². The molecule has 2 unspecified atom stereocenters. The summed E-state index contributed by atoms with van der Waals surface area (Å²) in [4.78, 5) is 35.3. The van der Waals surface area contributed by atoms with Crippen molar-refractivity contribution in [2.45, 2.75) is 65.0 Å². The van der Waals surface area contributed by atoms with Gasteiger partial charge in [-0.3, -0.25) is 9.59 Å². The van der Waals surface area contributed by atoms with E-state index in [1.54, 1.807) is 51.5 Å². The Morgan fingerprint density at radius 2 is 1.11 bits per heavy atom. The van der Waals surface area contributed by atoms with Gasteiger partial charge in [-0.25, -0.2) is 19.3 Å². The Hall–Kier alpha value is -6.67. The van der Waals surface area contributed by atoms with E-state index in [0.29, 0.717) is 46.9 Å². The number of anilines is 5. The highest BCUT2D eigenvalue weighted by molar-refractivity contribution is 6.31. The lowest BCUT2D eigenvalue weighted by molar-refractivity contribution is -0.138. The second-order valence-corrected chi connectivity index (χ2v) is 16.0. The summed E-state index contributed by atoms with van der Waals surface area (Å²) >= 11 is 6.13. The number of nitrogens with one attached hydrogen (secondary N) is 3. The summed E-state index contributed by atoms with van der Waals surface area (Å²) in [7, 11) is 3.52. The lowest BCUT2D eigenvalue weighted by Crippen LogP contribution is -2.31. The predicted molar refractivity (Wildman–Crippen MR) is 236 cm³/mol. The van der Waals surface area contributed by atoms with E-state index in [-0.39, 0.29) is 35.3 Å². The van der Waals surface area contributed by atoms with E-state index in [0.717, 1.165) is 60.0 Å². The molecule has 8 rings (SSSR count). The molecule has 5 N–H and O–H groups in total. The van der Waals surface area contributed by atoms with Crippen molar-refractivity contribution in [1.29, 1.82) is 0 Å². The quantitative estimate of drug-likeness (QED) is 0.109. The number of amides is 2. The normalized spacial score (nSPS) is 16.2. The molecule has 0 radical (unpaired) electrons. The van der Waals surface area contributed by atoms with E-state index in [4.69, 9.17) is 17.3 Å². The number of likely N-dealkylation sites (N-methyl/N-ethyl adjacent to an activating group) is 2. The standard InChI is InChI=1S/C22H23F3N6O.C17H14ClF3N4.C5H10N2O/c1-13-9-14(2)31(29-13)20-12-17(26-18-7-8-30(3)21(18)32)11-19(28-20)27-16-6-4-5-15(10-16)22(23,24)25;1-10-6-11(2)25(24-10)16-9-13(18)8-15(23-16)22-14-5-3-4-12(7-14)17(19,20)21;1-7-3-2-4(6)5(7)8/h4-6,9-12,18H,7-8H2,1-3H3,(H2,26,27,28);3-9H,1-2H3,(H,22,23);4H,2-3,6H2,1H3. The number of hydrogen-bond acceptors (Lipinski definition) is 10. The molecular formula is C44H47ClF6N12O2. The Morgan fingerprint density at radius 3 is 1.51 bits per heavy atom. The highest BCUT2D eigenvalue weighted by Gasteiger charge is 2.32. The zero-order chi connectivity index (χ0) is 47.4. The van der Waals surface area contributed by atoms with Crippen LogP contribution < -0.4 is 21.7 Å². The van der Waals surface area contributed by atoms with Gasteiger partial charge in [-0.2, -0.15) is 36.5 Å². The SMILES string of the molecule is CN1CCC(N)C1=O.Cc1cc(C)n(-c2cc(Cl)cc(Nc3cccc(C(F)(F)F)c3)n2)n1.Cc1cc(C)n(-c2cc(NC3CCN(C)C3=O)cc(Nc3cccc(C(F)(F)F)c3)n2)n1. The summed E-state index contributed by atoms with van der Waals surface area (Å²) in [6.45, 7) is 8.96. The van der Waals surface area contributed by atoms with Gasteiger partial charge in [-0.1, -0.05) is 23.7 Å². The molecule has 2 saturated heterocycles. The molecule has 2 aromatic carbocycles. The lowest BCUT2D eigenvalue weighted by atomic mass is 10.2. The third kappa shape index (κ3) is 12.3. The molecule has 6 aromatic rings. The van der Waals surface area contributed by atoms with E-state index in [9.17, 15) is 35.9 Å². The van der Waals surface area contributed by atoms with Crippen LogP contribution >= 0.6 is 11.6 Å². The molecule has 2 aliphatic rings. The van der Waals surface area contributed by atoms with Crippen LogP contribution in [0.2, 0.25) is 5.02 Å². The predicted octanol–water partition coefficient (Wildman–Crippen LogP) is 8.76. The average Bonchev–Trinajstić information content (AvgIpc) is 3.95. The molecule has 0 saturated carbocycles. The molecule has 0 spiro atoms. The van der Waals surface area contributed by atoms with Crippen LogP contribution in [0.5, 0.6) is 0 Å². The molecule has 6 heterocycles. The number of carbonyl (C=O) groups is 2. The number of halogens is 7. The Bertz CT molecular complexity index is 2650. The zero-order valence-corrected chi connectivity index (χ0v) is 36.9. The first-order valence-electron chi connectivity index (χ1n) is 20.2. The van der Waals surface area contributed by atoms with E-state index in [1.165, 1.54) is 30.3 Å². The number of aromatic nitrogens is 6. The fourth-order valence-electron chi connectivity index (χ4n) is 7.00. The van der Waals surface area contributed by atoms with E-state index in [2.05, 4.69) is 36.1 Å². The monoisotopic (exact) mass is 924 g/mol. The number of carbonyl (C=O) groups excluding carboxylic acids is 2. The second kappa shape index (κ2) is 19.6. The van der Waals surface area contributed by atoms with Gasteiger partial charge < -0.3 is 31.5 Å². The van der Waals surface area contributed by atoms with Gasteiger partial charge in [0.15, 0.2) is 11.6 Å². The molecule has 0 aliphatic carbocycles. The van der Waals surface area contributed by atoms with Crippen LogP contribution in [-0.4, -0.2) is 90.4 Å². The first kappa shape index (κ1) is 47.8. The molecule has 2 aliphatic heterocycles. The minimum Gasteiger partial charge on any atom is -0.373 e. The van der Waals surface area contributed by atoms with Crippen LogP contribution in [0.1, 0.15) is 46.7 Å². The molecule has 2 atom stereocenters. The van der Waals surface area contributed by atoms with Crippen LogP contribution in [0.3, 0.4) is 0 Å². The fraction of sp³-hybridized carbons (Fsp3) is 0.318. The highest BCUT2D eigenvalue weighted by atomic mass is 35.5. The first-order valence-corrected chi connectivity index (χ1v) is 20.6. The van der Waals surface area contributed by atoms with Gasteiger partial charge in [0.2, 0.25) is 11.8 Å². The van der Waals surface area contributed by atoms with E-state index < -0.39 is 23.5 Å². The highest BCUT2D eigenvalue weighted by Crippen LogP contribution is 2.33. The summed E-state index contributed by atoms with van der Waals surface area (Å²) < 4.78 is 81.1. The topological polar surface area (TPSA) is 164 Å². The van der Waals surface area contributed by atoms with Crippen LogP contribution in [0.4, 0.5) is 55.0 Å². The maximum Gasteiger partial charge on any atom is 0.416 e. The molecule has 2 fully saturated rings. The fourth-order valence-corrected chi connectivity index (χ4v) is 7.20. The number of aryl methyl sites for hydroxylation is 4. The minimum atomic E-state index is -4.45. The van der Waals surface area contributed by atoms with Crippen LogP contribution in [0.15, 0.2) is 84.9 Å². The number of likely N-dealkylation sites (tertiary alicyclic amines) is 2.